The van der Waals surface area contributed by atoms with Crippen molar-refractivity contribution in [1.82, 2.24) is 9.78 Å². The Kier molecular flexibility index (Phi) is 2.55. The fourth-order valence-corrected chi connectivity index (χ4v) is 1.27. The summed E-state index contributed by atoms with van der Waals surface area (Å²) in [5.74, 6) is 0.737. The number of phenolic OH excluding ortho intramolecular Hbond substituents is 1. The molecule has 0 saturated carbocycles. The average molecular weight is 205 g/mol. The van der Waals surface area contributed by atoms with Crippen LogP contribution < -0.4 is 10.5 Å². The molecule has 2 rings (SSSR count). The lowest BCUT2D eigenvalue weighted by atomic mass is 10.3. The van der Waals surface area contributed by atoms with Crippen LogP contribution in [0.15, 0.2) is 36.7 Å². The summed E-state index contributed by atoms with van der Waals surface area (Å²) in [6.45, 7) is 0.104. The highest BCUT2D eigenvalue weighted by molar-refractivity contribution is 5.45. The fourth-order valence-electron chi connectivity index (χ4n) is 1.27. The molecule has 0 spiro atoms. The van der Waals surface area contributed by atoms with Gasteiger partial charge < -0.3 is 9.84 Å². The summed E-state index contributed by atoms with van der Waals surface area (Å²) in [4.78, 5) is 0. The molecule has 0 saturated heterocycles. The van der Waals surface area contributed by atoms with Crippen LogP contribution in [0.2, 0.25) is 0 Å². The third kappa shape index (κ3) is 1.92. The van der Waals surface area contributed by atoms with Crippen LogP contribution in [0.4, 0.5) is 0 Å². The molecular formula is C10H11N3O2. The zero-order valence-corrected chi connectivity index (χ0v) is 8.00. The van der Waals surface area contributed by atoms with Gasteiger partial charge in [-0.15, -0.1) is 0 Å². The Morgan fingerprint density at radius 3 is 2.93 bits per heavy atom. The first-order chi connectivity index (χ1) is 7.31. The van der Waals surface area contributed by atoms with Crippen LogP contribution in [0.5, 0.6) is 11.5 Å². The van der Waals surface area contributed by atoms with E-state index in [1.165, 1.54) is 4.68 Å². The molecule has 15 heavy (non-hydrogen) atoms. The van der Waals surface area contributed by atoms with Crippen LogP contribution in [0.1, 0.15) is 0 Å². The molecule has 0 fully saturated rings. The van der Waals surface area contributed by atoms with Gasteiger partial charge in [0.05, 0.1) is 12.4 Å². The summed E-state index contributed by atoms with van der Waals surface area (Å²) in [6, 6.07) is 6.93. The van der Waals surface area contributed by atoms with E-state index in [1.807, 2.05) is 6.07 Å². The number of rotatable bonds is 3. The van der Waals surface area contributed by atoms with Gasteiger partial charge in [0, 0.05) is 0 Å². The van der Waals surface area contributed by atoms with Crippen LogP contribution in [-0.4, -0.2) is 21.6 Å². The van der Waals surface area contributed by atoms with E-state index in [2.05, 4.69) is 5.10 Å². The molecule has 0 aliphatic rings. The van der Waals surface area contributed by atoms with Crippen molar-refractivity contribution in [1.29, 1.82) is 0 Å². The van der Waals surface area contributed by atoms with E-state index in [0.717, 1.165) is 0 Å². The summed E-state index contributed by atoms with van der Waals surface area (Å²) in [7, 11) is 0. The van der Waals surface area contributed by atoms with Gasteiger partial charge in [0.25, 0.3) is 0 Å². The minimum absolute atomic E-state index is 0.104. The van der Waals surface area contributed by atoms with Gasteiger partial charge in [-0.25, -0.2) is 4.68 Å². The lowest BCUT2D eigenvalue weighted by Gasteiger charge is -2.02. The maximum Gasteiger partial charge on any atom is 0.159 e. The zero-order chi connectivity index (χ0) is 10.7. The summed E-state index contributed by atoms with van der Waals surface area (Å²) in [5, 5.41) is 13.6. The number of ether oxygens (including phenoxy) is 1. The van der Waals surface area contributed by atoms with Crippen molar-refractivity contribution in [3.63, 3.8) is 0 Å². The quantitative estimate of drug-likeness (QED) is 0.729. The second kappa shape index (κ2) is 4.02. The molecule has 1 aromatic heterocycles. The number of para-hydroxylation sites is 2. The Bertz CT molecular complexity index is 453. The third-order valence-corrected chi connectivity index (χ3v) is 1.94. The summed E-state index contributed by atoms with van der Waals surface area (Å²) in [5.41, 5.74) is 5.83. The van der Waals surface area contributed by atoms with Gasteiger partial charge in [-0.1, -0.05) is 12.1 Å². The standard InChI is InChI=1S/C10H11N3O2/c11-7-15-8-5-12-13(6-8)9-3-1-2-4-10(9)14/h1-6,14H,7,11H2. The highest BCUT2D eigenvalue weighted by atomic mass is 16.5. The molecule has 0 aliphatic carbocycles. The number of aromatic nitrogens is 2. The van der Waals surface area contributed by atoms with Crippen LogP contribution in [0.3, 0.4) is 0 Å². The largest absolute Gasteiger partial charge is 0.506 e. The van der Waals surface area contributed by atoms with Gasteiger partial charge in [0.2, 0.25) is 0 Å². The highest BCUT2D eigenvalue weighted by Gasteiger charge is 2.04. The Morgan fingerprint density at radius 1 is 1.40 bits per heavy atom. The average Bonchev–Trinajstić information content (AvgIpc) is 2.68. The summed E-state index contributed by atoms with van der Waals surface area (Å²) in [6.07, 6.45) is 3.20. The molecule has 5 heteroatoms. The van der Waals surface area contributed by atoms with Crippen molar-refractivity contribution in [3.05, 3.63) is 36.7 Å². The van der Waals surface area contributed by atoms with Crippen molar-refractivity contribution < 1.29 is 9.84 Å². The zero-order valence-electron chi connectivity index (χ0n) is 8.00. The van der Waals surface area contributed by atoms with Gasteiger partial charge in [0.15, 0.2) is 5.75 Å². The molecule has 1 aromatic carbocycles. The summed E-state index contributed by atoms with van der Waals surface area (Å²) >= 11 is 0. The number of benzene rings is 1. The van der Waals surface area contributed by atoms with Crippen LogP contribution in [0.25, 0.3) is 5.69 Å². The molecule has 2 aromatic rings. The van der Waals surface area contributed by atoms with Crippen molar-refractivity contribution in [2.75, 3.05) is 6.73 Å². The highest BCUT2D eigenvalue weighted by Crippen LogP contribution is 2.21. The van der Waals surface area contributed by atoms with E-state index in [0.29, 0.717) is 11.4 Å². The maximum atomic E-state index is 9.58. The third-order valence-electron chi connectivity index (χ3n) is 1.94. The predicted molar refractivity (Wildman–Crippen MR) is 54.9 cm³/mol. The molecule has 0 aliphatic heterocycles. The summed E-state index contributed by atoms with van der Waals surface area (Å²) < 4.78 is 6.59. The molecule has 3 N–H and O–H groups in total. The number of hydrogen-bond acceptors (Lipinski definition) is 4. The maximum absolute atomic E-state index is 9.58. The lowest BCUT2D eigenvalue weighted by molar-refractivity contribution is 0.329. The molecule has 0 atom stereocenters. The van der Waals surface area contributed by atoms with E-state index in [4.69, 9.17) is 10.5 Å². The first-order valence-corrected chi connectivity index (χ1v) is 4.47. The molecular weight excluding hydrogens is 194 g/mol. The monoisotopic (exact) mass is 205 g/mol. The minimum Gasteiger partial charge on any atom is -0.506 e. The van der Waals surface area contributed by atoms with Gasteiger partial charge in [-0.2, -0.15) is 5.10 Å². The molecule has 5 nitrogen and oxygen atoms in total. The van der Waals surface area contributed by atoms with E-state index in [9.17, 15) is 5.11 Å². The predicted octanol–water partition coefficient (Wildman–Crippen LogP) is 0.873. The SMILES string of the molecule is NCOc1cnn(-c2ccccc2O)c1. The number of hydrogen-bond donors (Lipinski definition) is 2. The normalized spacial score (nSPS) is 10.2. The molecule has 1 heterocycles. The van der Waals surface area contributed by atoms with Crippen LogP contribution >= 0.6 is 0 Å². The van der Waals surface area contributed by atoms with Crippen LogP contribution in [-0.2, 0) is 0 Å². The first kappa shape index (κ1) is 9.54. The number of phenols is 1. The molecule has 0 bridgehead atoms. The molecule has 0 amide bonds. The van der Waals surface area contributed by atoms with Gasteiger partial charge >= 0.3 is 0 Å². The van der Waals surface area contributed by atoms with Crippen molar-refractivity contribution in [2.24, 2.45) is 5.73 Å². The molecule has 78 valence electrons. The number of nitrogens with zero attached hydrogens (tertiary/aromatic N) is 2. The topological polar surface area (TPSA) is 73.3 Å². The van der Waals surface area contributed by atoms with Gasteiger partial charge in [-0.3, -0.25) is 5.73 Å². The molecule has 0 radical (unpaired) electrons. The Hall–Kier alpha value is -2.01. The number of nitrogens with two attached hydrogens (primary N) is 1. The van der Waals surface area contributed by atoms with Crippen molar-refractivity contribution in [3.8, 4) is 17.2 Å². The van der Waals surface area contributed by atoms with E-state index < -0.39 is 0 Å². The first-order valence-electron chi connectivity index (χ1n) is 4.47. The van der Waals surface area contributed by atoms with E-state index in [-0.39, 0.29) is 12.5 Å². The van der Waals surface area contributed by atoms with Crippen molar-refractivity contribution >= 4 is 0 Å². The smallest absolute Gasteiger partial charge is 0.159 e. The van der Waals surface area contributed by atoms with Crippen LogP contribution in [0, 0.1) is 0 Å². The second-order valence-corrected chi connectivity index (χ2v) is 2.92. The fraction of sp³-hybridized carbons (Fsp3) is 0.100. The van der Waals surface area contributed by atoms with Crippen molar-refractivity contribution in [2.45, 2.75) is 0 Å². The number of aromatic hydroxyl groups is 1. The Balaban J connectivity index is 2.33. The molecule has 0 unspecified atom stereocenters. The van der Waals surface area contributed by atoms with E-state index >= 15 is 0 Å². The Labute approximate surface area is 86.7 Å². The van der Waals surface area contributed by atoms with Gasteiger partial charge in [0.1, 0.15) is 18.2 Å². The minimum atomic E-state index is 0.104. The second-order valence-electron chi connectivity index (χ2n) is 2.92. The Morgan fingerprint density at radius 2 is 2.20 bits per heavy atom. The lowest BCUT2D eigenvalue weighted by Crippen LogP contribution is -2.06. The van der Waals surface area contributed by atoms with Gasteiger partial charge in [-0.05, 0) is 12.1 Å². The van der Waals surface area contributed by atoms with E-state index in [1.54, 1.807) is 30.6 Å².